The Balaban J connectivity index is 1.90. The van der Waals surface area contributed by atoms with Crippen LogP contribution in [-0.4, -0.2) is 57.1 Å². The van der Waals surface area contributed by atoms with Crippen LogP contribution in [0.25, 0.3) is 11.0 Å². The predicted molar refractivity (Wildman–Crippen MR) is 133 cm³/mol. The van der Waals surface area contributed by atoms with Crippen LogP contribution in [0.4, 0.5) is 17.3 Å². The highest BCUT2D eigenvalue weighted by molar-refractivity contribution is 7.92. The van der Waals surface area contributed by atoms with Crippen LogP contribution in [0, 0.1) is 0 Å². The molecule has 0 fully saturated rings. The van der Waals surface area contributed by atoms with E-state index in [4.69, 9.17) is 9.84 Å². The fourth-order valence-electron chi connectivity index (χ4n) is 3.29. The molecule has 0 saturated heterocycles. The second-order valence-electron chi connectivity index (χ2n) is 7.58. The van der Waals surface area contributed by atoms with Gasteiger partial charge in [0.05, 0.1) is 29.6 Å². The number of hydrogen-bond acceptors (Lipinski definition) is 9. The molecule has 0 atom stereocenters. The van der Waals surface area contributed by atoms with E-state index in [1.165, 1.54) is 7.11 Å². The van der Waals surface area contributed by atoms with Gasteiger partial charge in [-0.2, -0.15) is 0 Å². The molecule has 3 aromatic rings. The molecule has 0 amide bonds. The van der Waals surface area contributed by atoms with Crippen molar-refractivity contribution in [2.75, 3.05) is 35.3 Å². The summed E-state index contributed by atoms with van der Waals surface area (Å²) in [6.07, 6.45) is 1.78. The fourth-order valence-corrected chi connectivity index (χ4v) is 4.90. The number of para-hydroxylation sites is 2. The molecule has 0 aliphatic carbocycles. The van der Waals surface area contributed by atoms with Crippen LogP contribution >= 0.6 is 0 Å². The van der Waals surface area contributed by atoms with Gasteiger partial charge in [0.15, 0.2) is 11.6 Å². The van der Waals surface area contributed by atoms with Gasteiger partial charge in [-0.05, 0) is 55.5 Å². The van der Waals surface area contributed by atoms with Crippen LogP contribution in [0.3, 0.4) is 0 Å². The summed E-state index contributed by atoms with van der Waals surface area (Å²) in [4.78, 5) is 9.00. The highest BCUT2D eigenvalue weighted by Crippen LogP contribution is 2.32. The van der Waals surface area contributed by atoms with Crippen molar-refractivity contribution in [1.82, 2.24) is 9.97 Å². The number of anilines is 3. The second-order valence-corrected chi connectivity index (χ2v) is 10.5. The van der Waals surface area contributed by atoms with Gasteiger partial charge in [-0.25, -0.2) is 26.8 Å². The van der Waals surface area contributed by atoms with Gasteiger partial charge in [0.1, 0.15) is 16.5 Å². The molecule has 0 aliphatic heterocycles. The van der Waals surface area contributed by atoms with E-state index in [0.717, 1.165) is 5.56 Å². The third kappa shape index (κ3) is 7.27. The number of sulfonamides is 1. The van der Waals surface area contributed by atoms with E-state index < -0.39 is 20.7 Å². The molecule has 2 aromatic carbocycles. The number of hydrogen-bond donors (Lipinski definition) is 4. The van der Waals surface area contributed by atoms with Gasteiger partial charge >= 0.3 is 0 Å². The van der Waals surface area contributed by atoms with Crippen molar-refractivity contribution < 1.29 is 26.7 Å². The number of rotatable bonds is 13. The molecule has 10 nitrogen and oxygen atoms in total. The lowest BCUT2D eigenvalue weighted by Crippen LogP contribution is -2.19. The van der Waals surface area contributed by atoms with Gasteiger partial charge < -0.3 is 15.2 Å². The molecule has 3 N–H and O–H groups in total. The first-order valence-corrected chi connectivity index (χ1v) is 13.8. The number of ether oxygens (including phenoxy) is 1. The number of benzene rings is 2. The minimum Gasteiger partial charge on any atom is -0.495 e. The third-order valence-electron chi connectivity index (χ3n) is 4.97. The number of nitrogens with one attached hydrogen (secondary N) is 2. The van der Waals surface area contributed by atoms with Crippen LogP contribution < -0.4 is 14.8 Å². The smallest absolute Gasteiger partial charge is 0.233 e. The van der Waals surface area contributed by atoms with E-state index in [1.54, 1.807) is 24.3 Å². The Bertz CT molecular complexity index is 1300. The van der Waals surface area contributed by atoms with E-state index in [1.807, 2.05) is 18.2 Å². The zero-order valence-corrected chi connectivity index (χ0v) is 20.4. The van der Waals surface area contributed by atoms with E-state index in [9.17, 15) is 16.8 Å². The molecule has 0 aliphatic rings. The maximum atomic E-state index is 12.7. The zero-order chi connectivity index (χ0) is 24.6. The average Bonchev–Trinajstić information content (AvgIpc) is 2.81. The summed E-state index contributed by atoms with van der Waals surface area (Å²) >= 11 is 0. The molecule has 184 valence electrons. The number of nitrogens with zero attached hydrogens (tertiary/aromatic N) is 2. The van der Waals surface area contributed by atoms with Crippen LogP contribution in [0.5, 0.6) is 5.75 Å². The summed E-state index contributed by atoms with van der Waals surface area (Å²) < 4.78 is 54.7. The maximum absolute atomic E-state index is 12.7. The van der Waals surface area contributed by atoms with Gasteiger partial charge in [-0.3, -0.25) is 4.72 Å². The summed E-state index contributed by atoms with van der Waals surface area (Å²) in [5.41, 5.74) is 2.65. The normalized spacial score (nSPS) is 11.6. The van der Waals surface area contributed by atoms with Crippen LogP contribution in [-0.2, 0) is 27.1 Å². The zero-order valence-electron chi connectivity index (χ0n) is 18.7. The number of unbranched alkanes of at least 4 members (excludes halogenated alkanes) is 1. The molecule has 1 aromatic heterocycles. The molecular weight excluding hydrogens is 480 g/mol. The second kappa shape index (κ2) is 12.0. The van der Waals surface area contributed by atoms with E-state index in [-0.39, 0.29) is 42.6 Å². The monoisotopic (exact) mass is 508 g/mol. The number of aromatic nitrogens is 2. The number of methoxy groups -OCH3 is 1. The van der Waals surface area contributed by atoms with Crippen molar-refractivity contribution in [3.63, 3.8) is 0 Å². The molecular formula is C22H28N4O6S2. The fraction of sp³-hybridized carbons (Fsp3) is 0.364. The molecule has 0 unspecified atom stereocenters. The van der Waals surface area contributed by atoms with Gasteiger partial charge in [0, 0.05) is 12.4 Å². The number of fused-ring (bicyclic) bond motifs is 1. The SMILES string of the molecule is COc1cc(CCCO)ccc1Nc1nc2ccccc2nc1NS(=O)(=O)CCCC[SH](=O)=O. The predicted octanol–water partition coefficient (Wildman–Crippen LogP) is 2.44. The molecule has 0 spiro atoms. The van der Waals surface area contributed by atoms with Crippen LogP contribution in [0.15, 0.2) is 42.5 Å². The highest BCUT2D eigenvalue weighted by atomic mass is 32.2. The Morgan fingerprint density at radius 2 is 1.71 bits per heavy atom. The lowest BCUT2D eigenvalue weighted by atomic mass is 10.1. The van der Waals surface area contributed by atoms with Crippen molar-refractivity contribution in [3.8, 4) is 5.75 Å². The van der Waals surface area contributed by atoms with Crippen molar-refractivity contribution >= 4 is 49.1 Å². The molecule has 1 heterocycles. The Morgan fingerprint density at radius 1 is 1.00 bits per heavy atom. The summed E-state index contributed by atoms with van der Waals surface area (Å²) in [6, 6.07) is 12.6. The summed E-state index contributed by atoms with van der Waals surface area (Å²) in [5.74, 6) is 0.464. The quantitative estimate of drug-likeness (QED) is 0.202. The van der Waals surface area contributed by atoms with Crippen molar-refractivity contribution in [1.29, 1.82) is 0 Å². The van der Waals surface area contributed by atoms with Crippen LogP contribution in [0.1, 0.15) is 24.8 Å². The lowest BCUT2D eigenvalue weighted by molar-refractivity contribution is 0.288. The van der Waals surface area contributed by atoms with Gasteiger partial charge in [-0.1, -0.05) is 18.2 Å². The first-order valence-electron chi connectivity index (χ1n) is 10.7. The first-order chi connectivity index (χ1) is 16.3. The largest absolute Gasteiger partial charge is 0.495 e. The number of aliphatic hydroxyl groups excluding tert-OH is 1. The molecule has 3 rings (SSSR count). The van der Waals surface area contributed by atoms with Gasteiger partial charge in [0.25, 0.3) is 0 Å². The standard InChI is InChI=1S/C22H28N4O6S2/c1-32-20-15-16(7-6-12-27)10-11-19(20)25-21-22(24-18-9-3-2-8-17(18)23-21)26-34(30,31)14-5-4-13-33(28)29/h2-3,8-11,15,27,33H,4-7,12-14H2,1H3,(H,23,25)(H,24,26). The Kier molecular flexibility index (Phi) is 9.02. The van der Waals surface area contributed by atoms with E-state index in [0.29, 0.717) is 35.3 Å². The average molecular weight is 509 g/mol. The summed E-state index contributed by atoms with van der Waals surface area (Å²) in [6.45, 7) is 0.0910. The Hall–Kier alpha value is -2.96. The van der Waals surface area contributed by atoms with Crippen molar-refractivity contribution in [3.05, 3.63) is 48.0 Å². The minimum atomic E-state index is -3.79. The van der Waals surface area contributed by atoms with Gasteiger partial charge in [-0.15, -0.1) is 0 Å². The number of thiol groups is 1. The minimum absolute atomic E-state index is 0.0278. The Labute approximate surface area is 200 Å². The van der Waals surface area contributed by atoms with Crippen molar-refractivity contribution in [2.24, 2.45) is 0 Å². The molecule has 0 radical (unpaired) electrons. The highest BCUT2D eigenvalue weighted by Gasteiger charge is 2.18. The van der Waals surface area contributed by atoms with Gasteiger partial charge in [0.2, 0.25) is 10.0 Å². The first kappa shape index (κ1) is 25.7. The Morgan fingerprint density at radius 3 is 2.35 bits per heavy atom. The summed E-state index contributed by atoms with van der Waals surface area (Å²) in [5, 5.41) is 12.2. The number of aryl methyl sites for hydroxylation is 1. The maximum Gasteiger partial charge on any atom is 0.233 e. The third-order valence-corrected chi connectivity index (χ3v) is 6.98. The molecule has 0 bridgehead atoms. The molecule has 12 heteroatoms. The topological polar surface area (TPSA) is 148 Å². The van der Waals surface area contributed by atoms with E-state index in [2.05, 4.69) is 20.0 Å². The van der Waals surface area contributed by atoms with Crippen molar-refractivity contribution in [2.45, 2.75) is 25.7 Å². The molecule has 0 saturated carbocycles. The number of aliphatic hydroxyl groups is 1. The molecule has 34 heavy (non-hydrogen) atoms. The lowest BCUT2D eigenvalue weighted by Gasteiger charge is -2.16. The van der Waals surface area contributed by atoms with E-state index >= 15 is 0 Å². The van der Waals surface area contributed by atoms with Crippen LogP contribution in [0.2, 0.25) is 0 Å². The summed E-state index contributed by atoms with van der Waals surface area (Å²) in [7, 11) is -4.80.